The number of hydrogen-bond donors (Lipinski definition) is 3. The van der Waals surface area contributed by atoms with Crippen LogP contribution >= 0.6 is 0 Å². The van der Waals surface area contributed by atoms with Crippen LogP contribution in [0.25, 0.3) is 0 Å². The van der Waals surface area contributed by atoms with Gasteiger partial charge in [-0.05, 0) is 44.3 Å². The van der Waals surface area contributed by atoms with Crippen LogP contribution in [0.5, 0.6) is 0 Å². The van der Waals surface area contributed by atoms with E-state index in [4.69, 9.17) is 11.5 Å². The van der Waals surface area contributed by atoms with Crippen LogP contribution in [0.2, 0.25) is 0 Å². The van der Waals surface area contributed by atoms with Crippen LogP contribution in [-0.4, -0.2) is 18.0 Å². The van der Waals surface area contributed by atoms with Crippen molar-refractivity contribution in [2.45, 2.75) is 60.6 Å². The van der Waals surface area contributed by atoms with E-state index in [9.17, 15) is 22.8 Å². The molecule has 0 saturated carbocycles. The molecule has 2 amide bonds. The number of halogens is 3. The van der Waals surface area contributed by atoms with Crippen molar-refractivity contribution in [3.05, 3.63) is 59.5 Å². The van der Waals surface area contributed by atoms with Crippen molar-refractivity contribution < 1.29 is 24.2 Å². The van der Waals surface area contributed by atoms with Gasteiger partial charge >= 0.3 is 7.60 Å². The zero-order valence-corrected chi connectivity index (χ0v) is 19.3. The molecule has 0 bridgehead atoms. The second-order valence-corrected chi connectivity index (χ2v) is 7.99. The summed E-state index contributed by atoms with van der Waals surface area (Å²) in [5, 5.41) is 2.53. The number of nitrogens with one attached hydrogen (secondary N) is 1. The number of allylic oxidation sites excluding steroid dienone is 5. The number of nitrogens with two attached hydrogens (primary N) is 2. The summed E-state index contributed by atoms with van der Waals surface area (Å²) in [5.74, 6) is 0.488. The first-order valence-electron chi connectivity index (χ1n) is 9.87. The lowest BCUT2D eigenvalue weighted by Crippen LogP contribution is -2.16. The summed E-state index contributed by atoms with van der Waals surface area (Å²) >= 11 is 0. The highest BCUT2D eigenvalue weighted by Gasteiger charge is 2.32. The SMILES string of the molecule is C=C1C=C(C(F)(F)F)C=CN1.CC(=CC(C)C)CC(N)=O.CC(=CC(N)=O)CC(C)C.[H+]. The Morgan fingerprint density at radius 2 is 1.71 bits per heavy atom. The Hall–Kier alpha value is -2.77. The first kappa shape index (κ1) is 30.4. The van der Waals surface area contributed by atoms with Gasteiger partial charge in [-0.1, -0.05) is 51.5 Å². The third kappa shape index (κ3) is 20.3. The van der Waals surface area contributed by atoms with Gasteiger partial charge < -0.3 is 16.8 Å². The van der Waals surface area contributed by atoms with Crippen molar-refractivity contribution >= 4 is 11.8 Å². The summed E-state index contributed by atoms with van der Waals surface area (Å²) in [4.78, 5) is 20.7. The number of hydrogen-bond acceptors (Lipinski definition) is 3. The maximum atomic E-state index is 11.9. The fourth-order valence-corrected chi connectivity index (χ4v) is 2.54. The maximum absolute atomic E-state index is 11.9. The van der Waals surface area contributed by atoms with Gasteiger partial charge in [-0.3, -0.25) is 9.59 Å². The normalized spacial score (nSPS) is 14.2. The molecule has 0 aromatic rings. The number of alkyl halides is 3. The monoisotopic (exact) mass is 444 g/mol. The van der Waals surface area contributed by atoms with Gasteiger partial charge in [0.15, 0.2) is 0 Å². The third-order valence-corrected chi connectivity index (χ3v) is 3.38. The predicted molar refractivity (Wildman–Crippen MR) is 121 cm³/mol. The van der Waals surface area contributed by atoms with Gasteiger partial charge in [0.05, 0.1) is 5.57 Å². The van der Waals surface area contributed by atoms with E-state index in [1.807, 2.05) is 19.9 Å². The van der Waals surface area contributed by atoms with Gasteiger partial charge in [0, 0.05) is 24.4 Å². The van der Waals surface area contributed by atoms with E-state index in [-0.39, 0.29) is 18.9 Å². The molecular formula is C23H37F3N3O2+. The second kappa shape index (κ2) is 15.1. The van der Waals surface area contributed by atoms with E-state index in [1.54, 1.807) is 0 Å². The van der Waals surface area contributed by atoms with Gasteiger partial charge in [-0.25, -0.2) is 0 Å². The van der Waals surface area contributed by atoms with Crippen molar-refractivity contribution in [1.29, 1.82) is 0 Å². The van der Waals surface area contributed by atoms with E-state index in [0.717, 1.165) is 29.7 Å². The Morgan fingerprint density at radius 1 is 1.16 bits per heavy atom. The molecule has 176 valence electrons. The molecule has 1 rings (SSSR count). The molecule has 31 heavy (non-hydrogen) atoms. The molecule has 0 spiro atoms. The van der Waals surface area contributed by atoms with Gasteiger partial charge in [-0.15, -0.1) is 0 Å². The largest absolute Gasteiger partial charge is 1.00 e. The molecule has 0 fully saturated rings. The van der Waals surface area contributed by atoms with E-state index in [1.165, 1.54) is 12.3 Å². The zero-order chi connectivity index (χ0) is 24.8. The van der Waals surface area contributed by atoms with Gasteiger partial charge in [0.1, 0.15) is 0 Å². The Labute approximate surface area is 185 Å². The van der Waals surface area contributed by atoms with Crippen LogP contribution in [0, 0.1) is 11.8 Å². The zero-order valence-electron chi connectivity index (χ0n) is 20.3. The molecule has 0 aromatic carbocycles. The number of rotatable bonds is 6. The molecule has 0 atom stereocenters. The Bertz CT molecular complexity index is 735. The number of dihydropyridines is 1. The van der Waals surface area contributed by atoms with Crippen LogP contribution in [0.3, 0.4) is 0 Å². The van der Waals surface area contributed by atoms with Crippen LogP contribution in [0.1, 0.15) is 55.8 Å². The predicted octanol–water partition coefficient (Wildman–Crippen LogP) is 5.15. The molecule has 0 aromatic heterocycles. The van der Waals surface area contributed by atoms with E-state index in [2.05, 4.69) is 39.6 Å². The van der Waals surface area contributed by atoms with Crippen molar-refractivity contribution in [3.8, 4) is 0 Å². The molecular weight excluding hydrogens is 407 g/mol. The number of primary amides is 2. The minimum absolute atomic E-state index is 0. The lowest BCUT2D eigenvalue weighted by Gasteiger charge is -2.12. The topological polar surface area (TPSA) is 98.2 Å². The summed E-state index contributed by atoms with van der Waals surface area (Å²) in [6.45, 7) is 15.5. The van der Waals surface area contributed by atoms with E-state index < -0.39 is 11.7 Å². The summed E-state index contributed by atoms with van der Waals surface area (Å²) < 4.78 is 35.8. The molecule has 5 N–H and O–H groups in total. The average molecular weight is 445 g/mol. The summed E-state index contributed by atoms with van der Waals surface area (Å²) in [5.41, 5.74) is 11.6. The maximum Gasteiger partial charge on any atom is 1.00 e. The highest BCUT2D eigenvalue weighted by atomic mass is 19.4. The quantitative estimate of drug-likeness (QED) is 0.390. The molecule has 1 aliphatic rings. The Morgan fingerprint density at radius 3 is 2.03 bits per heavy atom. The van der Waals surface area contributed by atoms with E-state index >= 15 is 0 Å². The number of amides is 2. The lowest BCUT2D eigenvalue weighted by atomic mass is 10.0. The molecule has 5 nitrogen and oxygen atoms in total. The first-order chi connectivity index (χ1) is 14.0. The highest BCUT2D eigenvalue weighted by molar-refractivity contribution is 5.86. The fraction of sp³-hybridized carbons (Fsp3) is 0.478. The lowest BCUT2D eigenvalue weighted by molar-refractivity contribution is -0.117. The minimum Gasteiger partial charge on any atom is -0.369 e. The number of carbonyl (C=O) groups is 2. The fourth-order valence-electron chi connectivity index (χ4n) is 2.54. The highest BCUT2D eigenvalue weighted by Crippen LogP contribution is 2.28. The molecule has 0 radical (unpaired) electrons. The summed E-state index contributed by atoms with van der Waals surface area (Å²) in [7, 11) is 0. The smallest absolute Gasteiger partial charge is 0.369 e. The Balaban J connectivity index is -0.000000389. The van der Waals surface area contributed by atoms with Crippen LogP contribution in [0.15, 0.2) is 59.5 Å². The molecule has 0 saturated heterocycles. The van der Waals surface area contributed by atoms with Gasteiger partial charge in [0.2, 0.25) is 11.8 Å². The molecule has 0 aliphatic carbocycles. The average Bonchev–Trinajstić information content (AvgIpc) is 2.52. The Kier molecular flexibility index (Phi) is 14.8. The molecule has 0 unspecified atom stereocenters. The van der Waals surface area contributed by atoms with Crippen molar-refractivity contribution in [1.82, 2.24) is 5.32 Å². The first-order valence-corrected chi connectivity index (χ1v) is 9.87. The summed E-state index contributed by atoms with van der Waals surface area (Å²) in [6.07, 6.45) is 3.73. The van der Waals surface area contributed by atoms with Crippen molar-refractivity contribution in [2.24, 2.45) is 23.3 Å². The molecule has 8 heteroatoms. The molecule has 1 heterocycles. The van der Waals surface area contributed by atoms with Crippen LogP contribution < -0.4 is 16.8 Å². The van der Waals surface area contributed by atoms with E-state index in [0.29, 0.717) is 18.3 Å². The minimum atomic E-state index is -4.28. The van der Waals surface area contributed by atoms with Crippen molar-refractivity contribution in [2.75, 3.05) is 0 Å². The van der Waals surface area contributed by atoms with Gasteiger partial charge in [0.25, 0.3) is 0 Å². The van der Waals surface area contributed by atoms with Crippen LogP contribution in [-0.2, 0) is 9.59 Å². The number of carbonyl (C=O) groups excluding carboxylic acids is 2. The standard InChI is InChI=1S/2C8H15NO.C7H6F3N/c2*1-6(2)4-7(3)5-8(9)10;1-5-4-6(2-3-11-5)7(8,9)10/h5-6H,4H2,1-3H3,(H2,9,10);4,6H,5H2,1-3H3,(H2,9,10);2-4,11H,1H2/p+1. The van der Waals surface area contributed by atoms with Gasteiger partial charge in [-0.2, -0.15) is 13.2 Å². The molecule has 1 aliphatic heterocycles. The second-order valence-electron chi connectivity index (χ2n) is 7.99. The summed E-state index contributed by atoms with van der Waals surface area (Å²) in [6, 6.07) is 0. The van der Waals surface area contributed by atoms with Crippen LogP contribution in [0.4, 0.5) is 13.2 Å². The third-order valence-electron chi connectivity index (χ3n) is 3.38. The van der Waals surface area contributed by atoms with Crippen molar-refractivity contribution in [3.63, 3.8) is 0 Å².